The average molecular weight is 355 g/mol. The van der Waals surface area contributed by atoms with Crippen LogP contribution in [0.1, 0.15) is 21.7 Å². The molecule has 0 radical (unpaired) electrons. The molecule has 0 spiro atoms. The molecule has 0 aliphatic heterocycles. The summed E-state index contributed by atoms with van der Waals surface area (Å²) in [5, 5.41) is 9.63. The Balaban J connectivity index is 1.73. The SMILES string of the molecule is COc1ccc(OC)c(NC(=O)c2cc(Cc3ccc(F)cc3)[nH]n2)c1. The van der Waals surface area contributed by atoms with E-state index in [2.05, 4.69) is 15.5 Å². The fourth-order valence-electron chi connectivity index (χ4n) is 2.49. The van der Waals surface area contributed by atoms with Gasteiger partial charge in [0.2, 0.25) is 0 Å². The molecule has 0 aliphatic rings. The number of methoxy groups -OCH3 is 2. The second-order valence-electron chi connectivity index (χ2n) is 5.60. The van der Waals surface area contributed by atoms with Gasteiger partial charge in [-0.1, -0.05) is 12.1 Å². The average Bonchev–Trinajstić information content (AvgIpc) is 3.12. The predicted octanol–water partition coefficient (Wildman–Crippen LogP) is 3.41. The molecule has 7 heteroatoms. The van der Waals surface area contributed by atoms with Crippen LogP contribution in [0.4, 0.5) is 10.1 Å². The standard InChI is InChI=1S/C19H18FN3O3/c1-25-15-7-8-18(26-2)16(11-15)21-19(24)17-10-14(22-23-17)9-12-3-5-13(20)6-4-12/h3-8,10-11H,9H2,1-2H3,(H,21,24)(H,22,23). The van der Waals surface area contributed by atoms with E-state index >= 15 is 0 Å². The van der Waals surface area contributed by atoms with E-state index in [1.54, 1.807) is 43.5 Å². The molecule has 26 heavy (non-hydrogen) atoms. The Labute approximate surface area is 150 Å². The number of halogens is 1. The molecule has 0 unspecified atom stereocenters. The number of ether oxygens (including phenoxy) is 2. The van der Waals surface area contributed by atoms with Crippen molar-refractivity contribution < 1.29 is 18.7 Å². The fourth-order valence-corrected chi connectivity index (χ4v) is 2.49. The zero-order valence-electron chi connectivity index (χ0n) is 14.4. The van der Waals surface area contributed by atoms with Gasteiger partial charge in [-0.05, 0) is 35.9 Å². The molecule has 1 amide bonds. The lowest BCUT2D eigenvalue weighted by Crippen LogP contribution is -2.13. The van der Waals surface area contributed by atoms with E-state index in [0.29, 0.717) is 23.6 Å². The van der Waals surface area contributed by atoms with Crippen molar-refractivity contribution in [3.63, 3.8) is 0 Å². The van der Waals surface area contributed by atoms with Crippen molar-refractivity contribution in [2.45, 2.75) is 6.42 Å². The van der Waals surface area contributed by atoms with Gasteiger partial charge in [0.05, 0.1) is 19.9 Å². The molecule has 2 N–H and O–H groups in total. The van der Waals surface area contributed by atoms with E-state index in [0.717, 1.165) is 11.3 Å². The molecule has 3 rings (SSSR count). The van der Waals surface area contributed by atoms with Gasteiger partial charge in [-0.25, -0.2) is 4.39 Å². The lowest BCUT2D eigenvalue weighted by molar-refractivity contribution is 0.102. The molecular weight excluding hydrogens is 337 g/mol. The van der Waals surface area contributed by atoms with Crippen LogP contribution in [0.15, 0.2) is 48.5 Å². The van der Waals surface area contributed by atoms with Crippen LogP contribution < -0.4 is 14.8 Å². The first-order valence-corrected chi connectivity index (χ1v) is 7.91. The normalized spacial score (nSPS) is 10.4. The Hall–Kier alpha value is -3.35. The van der Waals surface area contributed by atoms with Crippen molar-refractivity contribution >= 4 is 11.6 Å². The molecule has 0 saturated carbocycles. The Morgan fingerprint density at radius 1 is 1.12 bits per heavy atom. The summed E-state index contributed by atoms with van der Waals surface area (Å²) >= 11 is 0. The highest BCUT2D eigenvalue weighted by molar-refractivity contribution is 6.03. The predicted molar refractivity (Wildman–Crippen MR) is 95.3 cm³/mol. The molecule has 0 atom stereocenters. The van der Waals surface area contributed by atoms with Gasteiger partial charge in [0.1, 0.15) is 17.3 Å². The Kier molecular flexibility index (Phi) is 5.17. The number of rotatable bonds is 6. The van der Waals surface area contributed by atoms with Gasteiger partial charge in [0.25, 0.3) is 5.91 Å². The summed E-state index contributed by atoms with van der Waals surface area (Å²) in [4.78, 5) is 12.5. The molecule has 0 saturated heterocycles. The summed E-state index contributed by atoms with van der Waals surface area (Å²) < 4.78 is 23.4. The van der Waals surface area contributed by atoms with Gasteiger partial charge in [-0.2, -0.15) is 5.10 Å². The Morgan fingerprint density at radius 2 is 1.88 bits per heavy atom. The fraction of sp³-hybridized carbons (Fsp3) is 0.158. The summed E-state index contributed by atoms with van der Waals surface area (Å²) in [7, 11) is 3.07. The quantitative estimate of drug-likeness (QED) is 0.710. The summed E-state index contributed by atoms with van der Waals surface area (Å²) in [5.41, 5.74) is 2.39. The van der Waals surface area contributed by atoms with Crippen LogP contribution in [-0.2, 0) is 6.42 Å². The van der Waals surface area contributed by atoms with E-state index in [9.17, 15) is 9.18 Å². The smallest absolute Gasteiger partial charge is 0.276 e. The minimum Gasteiger partial charge on any atom is -0.497 e. The molecular formula is C19H18FN3O3. The van der Waals surface area contributed by atoms with Crippen molar-refractivity contribution in [3.05, 3.63) is 71.3 Å². The molecule has 0 aliphatic carbocycles. The first-order valence-electron chi connectivity index (χ1n) is 7.91. The number of hydrogen-bond donors (Lipinski definition) is 2. The maximum absolute atomic E-state index is 13.0. The molecule has 1 aromatic heterocycles. The maximum atomic E-state index is 13.0. The van der Waals surface area contributed by atoms with Crippen molar-refractivity contribution in [1.82, 2.24) is 10.2 Å². The van der Waals surface area contributed by atoms with Gasteiger partial charge < -0.3 is 14.8 Å². The summed E-state index contributed by atoms with van der Waals surface area (Å²) in [6.45, 7) is 0. The van der Waals surface area contributed by atoms with Crippen LogP contribution in [0.25, 0.3) is 0 Å². The third kappa shape index (κ3) is 4.00. The van der Waals surface area contributed by atoms with Gasteiger partial charge in [0, 0.05) is 18.2 Å². The van der Waals surface area contributed by atoms with Crippen LogP contribution in [0.3, 0.4) is 0 Å². The summed E-state index contributed by atoms with van der Waals surface area (Å²) in [5.74, 6) is 0.449. The lowest BCUT2D eigenvalue weighted by atomic mass is 10.1. The van der Waals surface area contributed by atoms with Gasteiger partial charge >= 0.3 is 0 Å². The number of aromatic amines is 1. The lowest BCUT2D eigenvalue weighted by Gasteiger charge is -2.10. The van der Waals surface area contributed by atoms with E-state index in [1.165, 1.54) is 19.2 Å². The number of amides is 1. The monoisotopic (exact) mass is 355 g/mol. The number of hydrogen-bond acceptors (Lipinski definition) is 4. The number of aromatic nitrogens is 2. The van der Waals surface area contributed by atoms with Crippen LogP contribution in [-0.4, -0.2) is 30.3 Å². The highest BCUT2D eigenvalue weighted by Gasteiger charge is 2.14. The molecule has 134 valence electrons. The molecule has 1 heterocycles. The van der Waals surface area contributed by atoms with Crippen molar-refractivity contribution in [2.75, 3.05) is 19.5 Å². The number of benzene rings is 2. The minimum atomic E-state index is -0.377. The van der Waals surface area contributed by atoms with Crippen LogP contribution in [0.2, 0.25) is 0 Å². The highest BCUT2D eigenvalue weighted by Crippen LogP contribution is 2.29. The third-order valence-electron chi connectivity index (χ3n) is 3.83. The zero-order chi connectivity index (χ0) is 18.5. The Morgan fingerprint density at radius 3 is 2.58 bits per heavy atom. The van der Waals surface area contributed by atoms with Crippen LogP contribution in [0, 0.1) is 5.82 Å². The Bertz CT molecular complexity index is 907. The number of anilines is 1. The number of carbonyl (C=O) groups excluding carboxylic acids is 1. The second kappa shape index (κ2) is 7.69. The summed E-state index contributed by atoms with van der Waals surface area (Å²) in [6, 6.07) is 13.0. The number of nitrogens with one attached hydrogen (secondary N) is 2. The van der Waals surface area contributed by atoms with E-state index in [4.69, 9.17) is 9.47 Å². The van der Waals surface area contributed by atoms with Gasteiger partial charge in [0.15, 0.2) is 5.69 Å². The molecule has 3 aromatic rings. The van der Waals surface area contributed by atoms with Gasteiger partial charge in [-0.15, -0.1) is 0 Å². The third-order valence-corrected chi connectivity index (χ3v) is 3.83. The van der Waals surface area contributed by atoms with Crippen LogP contribution >= 0.6 is 0 Å². The van der Waals surface area contributed by atoms with E-state index in [-0.39, 0.29) is 17.4 Å². The van der Waals surface area contributed by atoms with Crippen molar-refractivity contribution in [2.24, 2.45) is 0 Å². The molecule has 6 nitrogen and oxygen atoms in total. The highest BCUT2D eigenvalue weighted by atomic mass is 19.1. The van der Waals surface area contributed by atoms with E-state index < -0.39 is 0 Å². The van der Waals surface area contributed by atoms with E-state index in [1.807, 2.05) is 0 Å². The largest absolute Gasteiger partial charge is 0.497 e. The zero-order valence-corrected chi connectivity index (χ0v) is 14.4. The number of H-pyrrole nitrogens is 1. The van der Waals surface area contributed by atoms with Gasteiger partial charge in [-0.3, -0.25) is 9.89 Å². The number of nitrogens with zero attached hydrogens (tertiary/aromatic N) is 1. The van der Waals surface area contributed by atoms with Crippen molar-refractivity contribution in [3.8, 4) is 11.5 Å². The van der Waals surface area contributed by atoms with Crippen molar-refractivity contribution in [1.29, 1.82) is 0 Å². The molecule has 0 fully saturated rings. The molecule has 0 bridgehead atoms. The first-order chi connectivity index (χ1) is 12.6. The minimum absolute atomic E-state index is 0.243. The second-order valence-corrected chi connectivity index (χ2v) is 5.60. The van der Waals surface area contributed by atoms with Crippen LogP contribution in [0.5, 0.6) is 11.5 Å². The number of carbonyl (C=O) groups is 1. The summed E-state index contributed by atoms with van der Waals surface area (Å²) in [6.07, 6.45) is 0.517. The topological polar surface area (TPSA) is 76.2 Å². The first kappa shape index (κ1) is 17.5. The molecule has 2 aromatic carbocycles. The maximum Gasteiger partial charge on any atom is 0.276 e.